The molecule has 2 aliphatic carbocycles. The predicted molar refractivity (Wildman–Crippen MR) is 85.7 cm³/mol. The lowest BCUT2D eigenvalue weighted by Gasteiger charge is -2.31. The van der Waals surface area contributed by atoms with E-state index in [1.807, 2.05) is 25.1 Å². The highest BCUT2D eigenvalue weighted by Gasteiger charge is 2.65. The maximum absolute atomic E-state index is 12.6. The van der Waals surface area contributed by atoms with Crippen LogP contribution >= 0.6 is 0 Å². The molecule has 1 aromatic rings. The average molecular weight is 299 g/mol. The molecule has 0 spiro atoms. The Morgan fingerprint density at radius 2 is 1.91 bits per heavy atom. The van der Waals surface area contributed by atoms with Crippen LogP contribution in [0.15, 0.2) is 35.4 Å². The number of hydrazone groups is 1. The van der Waals surface area contributed by atoms with Gasteiger partial charge in [0.05, 0.1) is 0 Å². The van der Waals surface area contributed by atoms with Crippen LogP contribution in [0.4, 0.5) is 10.5 Å². The molecule has 22 heavy (non-hydrogen) atoms. The minimum Gasteiger partial charge on any atom is -0.307 e. The van der Waals surface area contributed by atoms with Crippen LogP contribution in [0.25, 0.3) is 0 Å². The van der Waals surface area contributed by atoms with E-state index >= 15 is 0 Å². The number of para-hydroxylation sites is 1. The van der Waals surface area contributed by atoms with Gasteiger partial charge >= 0.3 is 6.03 Å². The summed E-state index contributed by atoms with van der Waals surface area (Å²) in [5, 5.41) is 6.82. The third kappa shape index (κ3) is 2.03. The van der Waals surface area contributed by atoms with Crippen LogP contribution < -0.4 is 10.7 Å². The van der Waals surface area contributed by atoms with Crippen LogP contribution in [-0.4, -0.2) is 17.5 Å². The molecule has 2 atom stereocenters. The lowest BCUT2D eigenvalue weighted by Crippen LogP contribution is -2.34. The van der Waals surface area contributed by atoms with E-state index < -0.39 is 6.03 Å². The number of carbonyl (C=O) groups is 2. The van der Waals surface area contributed by atoms with E-state index in [1.165, 1.54) is 0 Å². The van der Waals surface area contributed by atoms with Crippen LogP contribution in [0.2, 0.25) is 0 Å². The zero-order chi connectivity index (χ0) is 16.0. The molecule has 0 aliphatic heterocycles. The second kappa shape index (κ2) is 4.93. The van der Waals surface area contributed by atoms with Crippen molar-refractivity contribution in [2.45, 2.75) is 33.6 Å². The molecule has 2 aliphatic rings. The summed E-state index contributed by atoms with van der Waals surface area (Å²) in [5.41, 5.74) is 3.21. The Morgan fingerprint density at radius 1 is 1.23 bits per heavy atom. The number of urea groups is 1. The quantitative estimate of drug-likeness (QED) is 0.823. The number of benzene rings is 1. The van der Waals surface area contributed by atoms with Crippen LogP contribution in [0.3, 0.4) is 0 Å². The molecule has 5 heteroatoms. The van der Waals surface area contributed by atoms with E-state index in [0.29, 0.717) is 11.4 Å². The van der Waals surface area contributed by atoms with Crippen molar-refractivity contribution < 1.29 is 9.59 Å². The maximum atomic E-state index is 12.6. The van der Waals surface area contributed by atoms with Gasteiger partial charge in [-0.3, -0.25) is 4.79 Å². The average Bonchev–Trinajstić information content (AvgIpc) is 2.79. The SMILES string of the molecule is CC1(C)[C@H]2CC[C@]1(C)C(=O)/C2=N/NC(=O)Nc1ccccc1. The first-order valence-corrected chi connectivity index (χ1v) is 7.61. The van der Waals surface area contributed by atoms with E-state index in [4.69, 9.17) is 0 Å². The highest BCUT2D eigenvalue weighted by atomic mass is 16.2. The molecule has 0 saturated heterocycles. The van der Waals surface area contributed by atoms with Crippen LogP contribution in [-0.2, 0) is 4.79 Å². The summed E-state index contributed by atoms with van der Waals surface area (Å²) in [7, 11) is 0. The number of rotatable bonds is 2. The topological polar surface area (TPSA) is 70.6 Å². The standard InChI is InChI=1S/C17H21N3O2/c1-16(2)12-9-10-17(16,3)14(21)13(12)19-20-15(22)18-11-7-5-4-6-8-11/h4-8,12H,9-10H2,1-3H3,(H2,18,20,22)/b19-13+/t12-,17+/m0/s1. The summed E-state index contributed by atoms with van der Waals surface area (Å²) >= 11 is 0. The number of Topliss-reactive ketones (excluding diaryl/α,β-unsaturated/α-hetero) is 1. The number of fused-ring (bicyclic) bond motifs is 2. The maximum Gasteiger partial charge on any atom is 0.339 e. The fourth-order valence-electron chi connectivity index (χ4n) is 3.75. The summed E-state index contributed by atoms with van der Waals surface area (Å²) in [5.74, 6) is 0.204. The molecule has 3 rings (SSSR count). The molecule has 2 N–H and O–H groups in total. The minimum absolute atomic E-state index is 0.0776. The highest BCUT2D eigenvalue weighted by Crippen LogP contribution is 2.62. The summed E-state index contributed by atoms with van der Waals surface area (Å²) in [4.78, 5) is 24.5. The van der Waals surface area contributed by atoms with Gasteiger partial charge in [-0.1, -0.05) is 39.0 Å². The second-order valence-corrected chi connectivity index (χ2v) is 6.90. The lowest BCUT2D eigenvalue weighted by atomic mass is 9.70. The molecule has 0 radical (unpaired) electrons. The van der Waals surface area contributed by atoms with Crippen molar-refractivity contribution in [1.82, 2.24) is 5.43 Å². The highest BCUT2D eigenvalue weighted by molar-refractivity contribution is 6.45. The second-order valence-electron chi connectivity index (χ2n) is 6.90. The number of hydrogen-bond acceptors (Lipinski definition) is 3. The molecule has 2 fully saturated rings. The van der Waals surface area contributed by atoms with Gasteiger partial charge < -0.3 is 5.32 Å². The number of anilines is 1. The minimum atomic E-state index is -0.433. The van der Waals surface area contributed by atoms with E-state index in [2.05, 4.69) is 29.7 Å². The van der Waals surface area contributed by atoms with Crippen molar-refractivity contribution in [3.63, 3.8) is 0 Å². The molecule has 2 amide bonds. The molecule has 0 heterocycles. The molecule has 2 bridgehead atoms. The van der Waals surface area contributed by atoms with E-state index in [1.54, 1.807) is 12.1 Å². The number of ketones is 1. The molecule has 0 unspecified atom stereocenters. The Morgan fingerprint density at radius 3 is 2.50 bits per heavy atom. The van der Waals surface area contributed by atoms with Crippen molar-refractivity contribution in [3.8, 4) is 0 Å². The van der Waals surface area contributed by atoms with Gasteiger partial charge in [-0.2, -0.15) is 5.10 Å². The molecule has 0 aromatic heterocycles. The molecule has 2 saturated carbocycles. The predicted octanol–water partition coefficient (Wildman–Crippen LogP) is 3.19. The van der Waals surface area contributed by atoms with Gasteiger partial charge in [0.25, 0.3) is 0 Å². The van der Waals surface area contributed by atoms with E-state index in [-0.39, 0.29) is 22.5 Å². The van der Waals surface area contributed by atoms with Crippen LogP contribution in [0.5, 0.6) is 0 Å². The van der Waals surface area contributed by atoms with Gasteiger partial charge in [-0.05, 0) is 30.4 Å². The number of carbonyl (C=O) groups excluding carboxylic acids is 2. The van der Waals surface area contributed by atoms with Gasteiger partial charge in [0, 0.05) is 17.0 Å². The van der Waals surface area contributed by atoms with Crippen LogP contribution in [0, 0.1) is 16.7 Å². The van der Waals surface area contributed by atoms with E-state index in [0.717, 1.165) is 12.8 Å². The largest absolute Gasteiger partial charge is 0.339 e. The summed E-state index contributed by atoms with van der Waals surface area (Å²) in [6, 6.07) is 8.70. The third-order valence-corrected chi connectivity index (χ3v) is 5.60. The molecular formula is C17H21N3O2. The summed E-state index contributed by atoms with van der Waals surface area (Å²) in [6.45, 7) is 6.26. The number of nitrogens with one attached hydrogen (secondary N) is 2. The fourth-order valence-corrected chi connectivity index (χ4v) is 3.75. The monoisotopic (exact) mass is 299 g/mol. The summed E-state index contributed by atoms with van der Waals surface area (Å²) < 4.78 is 0. The van der Waals surface area contributed by atoms with Crippen molar-refractivity contribution in [2.75, 3.05) is 5.32 Å². The Labute approximate surface area is 130 Å². The Balaban J connectivity index is 1.72. The van der Waals surface area contributed by atoms with Crippen molar-refractivity contribution >= 4 is 23.2 Å². The number of hydrogen-bond donors (Lipinski definition) is 2. The Bertz CT molecular complexity index is 651. The van der Waals surface area contributed by atoms with Gasteiger partial charge in [-0.15, -0.1) is 0 Å². The molecule has 5 nitrogen and oxygen atoms in total. The molecular weight excluding hydrogens is 278 g/mol. The molecule has 116 valence electrons. The van der Waals surface area contributed by atoms with Crippen molar-refractivity contribution in [3.05, 3.63) is 30.3 Å². The zero-order valence-electron chi connectivity index (χ0n) is 13.1. The van der Waals surface area contributed by atoms with Gasteiger partial charge in [-0.25, -0.2) is 10.2 Å². The number of nitrogens with zero attached hydrogens (tertiary/aromatic N) is 1. The first-order chi connectivity index (χ1) is 10.4. The first-order valence-electron chi connectivity index (χ1n) is 7.61. The third-order valence-electron chi connectivity index (χ3n) is 5.60. The normalized spacial score (nSPS) is 30.6. The van der Waals surface area contributed by atoms with Gasteiger partial charge in [0.1, 0.15) is 5.71 Å². The smallest absolute Gasteiger partial charge is 0.307 e. The Kier molecular flexibility index (Phi) is 3.31. The summed E-state index contributed by atoms with van der Waals surface area (Å²) in [6.07, 6.45) is 1.86. The fraction of sp³-hybridized carbons (Fsp3) is 0.471. The van der Waals surface area contributed by atoms with E-state index in [9.17, 15) is 9.59 Å². The van der Waals surface area contributed by atoms with Gasteiger partial charge in [0.15, 0.2) is 5.78 Å². The van der Waals surface area contributed by atoms with Crippen LogP contribution in [0.1, 0.15) is 33.6 Å². The first kappa shape index (κ1) is 14.8. The van der Waals surface area contributed by atoms with Crippen molar-refractivity contribution in [1.29, 1.82) is 0 Å². The zero-order valence-corrected chi connectivity index (χ0v) is 13.1. The van der Waals surface area contributed by atoms with Crippen molar-refractivity contribution in [2.24, 2.45) is 21.8 Å². The molecule has 1 aromatic carbocycles. The number of amides is 2. The van der Waals surface area contributed by atoms with Gasteiger partial charge in [0.2, 0.25) is 0 Å². The lowest BCUT2D eigenvalue weighted by molar-refractivity contribution is -0.123. The Hall–Kier alpha value is -2.17.